The van der Waals surface area contributed by atoms with Crippen LogP contribution in [-0.2, 0) is 16.3 Å². The second-order valence-corrected chi connectivity index (χ2v) is 6.63. The lowest BCUT2D eigenvalue weighted by molar-refractivity contribution is -0.137. The number of alkyl halides is 3. The minimum Gasteiger partial charge on any atom is -0.384 e. The van der Waals surface area contributed by atoms with Crippen LogP contribution in [0.25, 0.3) is 0 Å². The number of hydrogen-bond donors (Lipinski definition) is 1. The van der Waals surface area contributed by atoms with Crippen LogP contribution in [0, 0.1) is 17.1 Å². The summed E-state index contributed by atoms with van der Waals surface area (Å²) in [7, 11) is 0. The van der Waals surface area contributed by atoms with Gasteiger partial charge in [0.1, 0.15) is 5.82 Å². The van der Waals surface area contributed by atoms with Crippen molar-refractivity contribution >= 4 is 5.69 Å². The Morgan fingerprint density at radius 2 is 1.85 bits per heavy atom. The van der Waals surface area contributed by atoms with Crippen molar-refractivity contribution in [1.29, 1.82) is 5.26 Å². The van der Waals surface area contributed by atoms with Crippen molar-refractivity contribution in [3.63, 3.8) is 0 Å². The molecule has 1 heterocycles. The molecular weight excluding hydrogens is 360 g/mol. The first-order valence-electron chi connectivity index (χ1n) is 8.53. The van der Waals surface area contributed by atoms with E-state index < -0.39 is 22.7 Å². The summed E-state index contributed by atoms with van der Waals surface area (Å²) in [4.78, 5) is 0. The van der Waals surface area contributed by atoms with E-state index in [1.54, 1.807) is 12.1 Å². The van der Waals surface area contributed by atoms with Gasteiger partial charge in [0.05, 0.1) is 17.2 Å². The van der Waals surface area contributed by atoms with E-state index in [2.05, 4.69) is 5.32 Å². The van der Waals surface area contributed by atoms with Crippen molar-refractivity contribution in [3.05, 3.63) is 65.0 Å². The van der Waals surface area contributed by atoms with Crippen LogP contribution in [0.4, 0.5) is 23.2 Å². The molecule has 3 rings (SSSR count). The largest absolute Gasteiger partial charge is 0.417 e. The van der Waals surface area contributed by atoms with Gasteiger partial charge in [-0.1, -0.05) is 12.1 Å². The van der Waals surface area contributed by atoms with Gasteiger partial charge in [0.15, 0.2) is 0 Å². The van der Waals surface area contributed by atoms with E-state index >= 15 is 0 Å². The molecule has 0 amide bonds. The highest BCUT2D eigenvalue weighted by atomic mass is 19.4. The summed E-state index contributed by atoms with van der Waals surface area (Å²) in [6, 6.07) is 11.4. The van der Waals surface area contributed by atoms with Crippen LogP contribution >= 0.6 is 0 Å². The van der Waals surface area contributed by atoms with Crippen LogP contribution in [0.1, 0.15) is 29.5 Å². The molecule has 0 saturated carbocycles. The molecule has 1 fully saturated rings. The first-order valence-corrected chi connectivity index (χ1v) is 8.53. The Kier molecular flexibility index (Phi) is 5.38. The Morgan fingerprint density at radius 3 is 2.48 bits per heavy atom. The average molecular weight is 378 g/mol. The second-order valence-electron chi connectivity index (χ2n) is 6.63. The quantitative estimate of drug-likeness (QED) is 0.772. The lowest BCUT2D eigenvalue weighted by atomic mass is 9.74. The van der Waals surface area contributed by atoms with Crippen LogP contribution in [0.15, 0.2) is 42.5 Å². The highest BCUT2D eigenvalue weighted by molar-refractivity contribution is 5.53. The molecule has 0 aromatic heterocycles. The van der Waals surface area contributed by atoms with Crippen molar-refractivity contribution in [2.45, 2.75) is 24.4 Å². The van der Waals surface area contributed by atoms with Gasteiger partial charge < -0.3 is 10.1 Å². The molecule has 0 spiro atoms. The molecule has 3 nitrogen and oxygen atoms in total. The maximum Gasteiger partial charge on any atom is 0.417 e. The summed E-state index contributed by atoms with van der Waals surface area (Å²) < 4.78 is 58.6. The summed E-state index contributed by atoms with van der Waals surface area (Å²) in [5.74, 6) is -0.351. The molecule has 0 radical (unpaired) electrons. The van der Waals surface area contributed by atoms with Crippen molar-refractivity contribution in [3.8, 4) is 6.07 Å². The first-order chi connectivity index (χ1) is 12.8. The number of ether oxygens (including phenoxy) is 1. The van der Waals surface area contributed by atoms with E-state index in [0.717, 1.165) is 17.7 Å². The Hall–Kier alpha value is -2.59. The van der Waals surface area contributed by atoms with Gasteiger partial charge >= 0.3 is 6.18 Å². The Bertz CT molecular complexity index is 852. The number of anilines is 1. The van der Waals surface area contributed by atoms with Gasteiger partial charge in [0, 0.05) is 30.9 Å². The van der Waals surface area contributed by atoms with Crippen LogP contribution < -0.4 is 5.32 Å². The van der Waals surface area contributed by atoms with Gasteiger partial charge in [0.25, 0.3) is 0 Å². The smallest absolute Gasteiger partial charge is 0.384 e. The number of nitriles is 1. The van der Waals surface area contributed by atoms with Crippen molar-refractivity contribution in [2.75, 3.05) is 25.1 Å². The third-order valence-corrected chi connectivity index (χ3v) is 4.96. The number of hydrogen-bond acceptors (Lipinski definition) is 3. The number of benzene rings is 2. The first kappa shape index (κ1) is 19.2. The van der Waals surface area contributed by atoms with E-state index in [-0.39, 0.29) is 11.5 Å². The lowest BCUT2D eigenvalue weighted by Crippen LogP contribution is -2.40. The van der Waals surface area contributed by atoms with E-state index in [9.17, 15) is 17.6 Å². The van der Waals surface area contributed by atoms with Gasteiger partial charge in [-0.15, -0.1) is 0 Å². The molecule has 1 aliphatic heterocycles. The van der Waals surface area contributed by atoms with Crippen LogP contribution in [0.3, 0.4) is 0 Å². The molecule has 1 aliphatic rings. The summed E-state index contributed by atoms with van der Waals surface area (Å²) in [6.45, 7) is 1.34. The molecule has 2 aromatic carbocycles. The van der Waals surface area contributed by atoms with Gasteiger partial charge in [0.2, 0.25) is 0 Å². The zero-order valence-electron chi connectivity index (χ0n) is 14.4. The fourth-order valence-electron chi connectivity index (χ4n) is 3.41. The predicted molar refractivity (Wildman–Crippen MR) is 92.8 cm³/mol. The zero-order chi connectivity index (χ0) is 19.5. The zero-order valence-corrected chi connectivity index (χ0v) is 14.4. The van der Waals surface area contributed by atoms with Gasteiger partial charge in [-0.25, -0.2) is 4.39 Å². The second kappa shape index (κ2) is 7.57. The van der Waals surface area contributed by atoms with Gasteiger partial charge in [-0.05, 0) is 48.7 Å². The topological polar surface area (TPSA) is 45.0 Å². The van der Waals surface area contributed by atoms with Crippen molar-refractivity contribution in [2.24, 2.45) is 0 Å². The number of rotatable bonds is 4. The molecular formula is C20H18F4N2O. The molecule has 1 N–H and O–H groups in total. The lowest BCUT2D eigenvalue weighted by Gasteiger charge is -2.38. The number of nitrogens with zero attached hydrogens (tertiary/aromatic N) is 1. The summed E-state index contributed by atoms with van der Waals surface area (Å²) in [6.07, 6.45) is -3.35. The standard InChI is InChI=1S/C20H18F4N2O/c21-16-3-1-2-15(10-16)19(6-8-27-9-7-19)13-26-17-5-4-14(12-25)18(11-17)20(22,23)24/h1-5,10-11,26H,6-9,13H2. The molecule has 2 aromatic rings. The summed E-state index contributed by atoms with van der Waals surface area (Å²) in [5.41, 5.74) is -0.764. The van der Waals surface area contributed by atoms with Crippen molar-refractivity contribution < 1.29 is 22.3 Å². The average Bonchev–Trinajstić information content (AvgIpc) is 2.66. The number of nitrogens with one attached hydrogen (secondary N) is 1. The van der Waals surface area contributed by atoms with Gasteiger partial charge in [-0.2, -0.15) is 18.4 Å². The summed E-state index contributed by atoms with van der Waals surface area (Å²) >= 11 is 0. The highest BCUT2D eigenvalue weighted by Gasteiger charge is 2.36. The van der Waals surface area contributed by atoms with Crippen LogP contribution in [0.5, 0.6) is 0 Å². The maximum absolute atomic E-state index is 13.7. The molecule has 0 aliphatic carbocycles. The molecule has 0 unspecified atom stereocenters. The molecule has 7 heteroatoms. The molecule has 0 atom stereocenters. The highest BCUT2D eigenvalue weighted by Crippen LogP contribution is 2.37. The summed E-state index contributed by atoms with van der Waals surface area (Å²) in [5, 5.41) is 12.0. The fourth-order valence-corrected chi connectivity index (χ4v) is 3.41. The molecule has 27 heavy (non-hydrogen) atoms. The maximum atomic E-state index is 13.7. The van der Waals surface area contributed by atoms with Crippen LogP contribution in [-0.4, -0.2) is 19.8 Å². The van der Waals surface area contributed by atoms with E-state index in [1.165, 1.54) is 18.2 Å². The SMILES string of the molecule is N#Cc1ccc(NCC2(c3cccc(F)c3)CCOCC2)cc1C(F)(F)F. The van der Waals surface area contributed by atoms with Crippen molar-refractivity contribution in [1.82, 2.24) is 0 Å². The molecule has 1 saturated heterocycles. The minimum absolute atomic E-state index is 0.267. The Morgan fingerprint density at radius 1 is 1.11 bits per heavy atom. The fraction of sp³-hybridized carbons (Fsp3) is 0.350. The van der Waals surface area contributed by atoms with E-state index in [1.807, 2.05) is 6.07 Å². The Balaban J connectivity index is 1.88. The van der Waals surface area contributed by atoms with Crippen LogP contribution in [0.2, 0.25) is 0 Å². The van der Waals surface area contributed by atoms with E-state index in [4.69, 9.17) is 10.00 Å². The third kappa shape index (κ3) is 4.22. The Labute approximate surface area is 154 Å². The molecule has 142 valence electrons. The third-order valence-electron chi connectivity index (χ3n) is 4.96. The normalized spacial score (nSPS) is 16.6. The number of halogens is 4. The predicted octanol–water partition coefficient (Wildman–Crippen LogP) is 4.88. The monoisotopic (exact) mass is 378 g/mol. The minimum atomic E-state index is -4.61. The van der Waals surface area contributed by atoms with Gasteiger partial charge in [-0.3, -0.25) is 0 Å². The molecule has 0 bridgehead atoms. The van der Waals surface area contributed by atoms with E-state index in [0.29, 0.717) is 32.6 Å².